The van der Waals surface area contributed by atoms with E-state index in [-0.39, 0.29) is 22.2 Å². The average Bonchev–Trinajstić information content (AvgIpc) is 2.45. The van der Waals surface area contributed by atoms with Gasteiger partial charge in [-0.15, -0.1) is 0 Å². The zero-order valence-electron chi connectivity index (χ0n) is 11.7. The van der Waals surface area contributed by atoms with Crippen molar-refractivity contribution >= 4 is 10.0 Å². The second-order valence-corrected chi connectivity index (χ2v) is 7.58. The minimum Gasteiger partial charge on any atom is -0.311 e. The molecule has 0 amide bonds. The smallest absolute Gasteiger partial charge is 0.242 e. The molecule has 2 heterocycles. The van der Waals surface area contributed by atoms with Gasteiger partial charge in [0.05, 0.1) is 0 Å². The van der Waals surface area contributed by atoms with Gasteiger partial charge in [-0.25, -0.2) is 18.1 Å². The molecule has 6 nitrogen and oxygen atoms in total. The topological polar surface area (TPSA) is 94.9 Å². The maximum atomic E-state index is 12.4. The SMILES string of the molecule is N#Cc1ccc(S(=O)(=O)NC2CCNC3(CCC3)C2)cn1. The Bertz CT molecular complexity index is 659. The first kappa shape index (κ1) is 14.4. The second-order valence-electron chi connectivity index (χ2n) is 5.86. The van der Waals surface area contributed by atoms with Gasteiger partial charge in [-0.05, 0) is 50.8 Å². The molecule has 0 radical (unpaired) electrons. The Kier molecular flexibility index (Phi) is 3.69. The van der Waals surface area contributed by atoms with E-state index in [0.29, 0.717) is 0 Å². The lowest BCUT2D eigenvalue weighted by Gasteiger charge is -2.48. The molecule has 1 aromatic rings. The summed E-state index contributed by atoms with van der Waals surface area (Å²) in [6.45, 7) is 0.846. The van der Waals surface area contributed by atoms with Crippen molar-refractivity contribution in [3.05, 3.63) is 24.0 Å². The second kappa shape index (κ2) is 5.37. The van der Waals surface area contributed by atoms with E-state index in [1.165, 1.54) is 24.8 Å². The zero-order valence-corrected chi connectivity index (χ0v) is 12.5. The van der Waals surface area contributed by atoms with Crippen LogP contribution in [-0.4, -0.2) is 31.5 Å². The molecule has 0 bridgehead atoms. The molecular formula is C14H18N4O2S. The minimum atomic E-state index is -3.57. The Balaban J connectivity index is 1.71. The number of piperidine rings is 1. The summed E-state index contributed by atoms with van der Waals surface area (Å²) < 4.78 is 27.5. The highest BCUT2D eigenvalue weighted by atomic mass is 32.2. The lowest BCUT2D eigenvalue weighted by atomic mass is 9.70. The fourth-order valence-corrected chi connectivity index (χ4v) is 4.35. The van der Waals surface area contributed by atoms with Crippen molar-refractivity contribution in [3.8, 4) is 6.07 Å². The van der Waals surface area contributed by atoms with Gasteiger partial charge in [0.1, 0.15) is 16.7 Å². The standard InChI is InChI=1S/C14H18N4O2S/c15-9-12-2-3-13(10-16-12)21(19,20)18-11-4-7-17-14(8-11)5-1-6-14/h2-3,10-11,17-18H,1,4-8H2. The Hall–Kier alpha value is -1.49. The molecule has 3 rings (SSSR count). The first-order valence-corrected chi connectivity index (χ1v) is 8.65. The highest BCUT2D eigenvalue weighted by Crippen LogP contribution is 2.38. The largest absolute Gasteiger partial charge is 0.311 e. The van der Waals surface area contributed by atoms with Gasteiger partial charge in [-0.1, -0.05) is 0 Å². The van der Waals surface area contributed by atoms with Crippen LogP contribution in [0.2, 0.25) is 0 Å². The van der Waals surface area contributed by atoms with Gasteiger partial charge in [-0.3, -0.25) is 0 Å². The Labute approximate surface area is 124 Å². The maximum Gasteiger partial charge on any atom is 0.242 e. The maximum absolute atomic E-state index is 12.4. The molecule has 112 valence electrons. The van der Waals surface area contributed by atoms with Crippen molar-refractivity contribution in [1.82, 2.24) is 15.0 Å². The Morgan fingerprint density at radius 2 is 2.24 bits per heavy atom. The van der Waals surface area contributed by atoms with Crippen LogP contribution in [-0.2, 0) is 10.0 Å². The molecule has 1 saturated heterocycles. The van der Waals surface area contributed by atoms with Gasteiger partial charge < -0.3 is 5.32 Å². The fourth-order valence-electron chi connectivity index (χ4n) is 3.14. The molecule has 1 aliphatic heterocycles. The third-order valence-corrected chi connectivity index (χ3v) is 5.93. The lowest BCUT2D eigenvalue weighted by molar-refractivity contribution is 0.126. The molecule has 1 spiro atoms. The van der Waals surface area contributed by atoms with Crippen LogP contribution in [0.1, 0.15) is 37.8 Å². The lowest BCUT2D eigenvalue weighted by Crippen LogP contribution is -2.59. The van der Waals surface area contributed by atoms with Crippen molar-refractivity contribution in [2.75, 3.05) is 6.54 Å². The van der Waals surface area contributed by atoms with Crippen LogP contribution >= 0.6 is 0 Å². The van der Waals surface area contributed by atoms with E-state index in [1.54, 1.807) is 0 Å². The van der Waals surface area contributed by atoms with E-state index in [4.69, 9.17) is 5.26 Å². The number of sulfonamides is 1. The van der Waals surface area contributed by atoms with E-state index in [9.17, 15) is 8.42 Å². The van der Waals surface area contributed by atoms with Gasteiger partial charge in [0, 0.05) is 17.8 Å². The van der Waals surface area contributed by atoms with Crippen LogP contribution < -0.4 is 10.0 Å². The summed E-state index contributed by atoms with van der Waals surface area (Å²) in [6, 6.07) is 4.69. The number of nitriles is 1. The number of nitrogens with one attached hydrogen (secondary N) is 2. The predicted octanol–water partition coefficient (Wildman–Crippen LogP) is 0.906. The molecule has 1 unspecified atom stereocenters. The summed E-state index contributed by atoms with van der Waals surface area (Å²) in [5.41, 5.74) is 0.359. The Morgan fingerprint density at radius 3 is 2.81 bits per heavy atom. The highest BCUT2D eigenvalue weighted by Gasteiger charge is 2.41. The minimum absolute atomic E-state index is 0.0350. The summed E-state index contributed by atoms with van der Waals surface area (Å²) >= 11 is 0. The van der Waals surface area contributed by atoms with Crippen LogP contribution in [0.3, 0.4) is 0 Å². The van der Waals surface area contributed by atoms with Crippen LogP contribution in [0.5, 0.6) is 0 Å². The molecule has 1 atom stereocenters. The van der Waals surface area contributed by atoms with Crippen LogP contribution in [0.4, 0.5) is 0 Å². The van der Waals surface area contributed by atoms with Crippen LogP contribution in [0.25, 0.3) is 0 Å². The van der Waals surface area contributed by atoms with Gasteiger partial charge in [0.15, 0.2) is 0 Å². The summed E-state index contributed by atoms with van der Waals surface area (Å²) in [6.07, 6.45) is 6.35. The number of aromatic nitrogens is 1. The molecule has 2 fully saturated rings. The van der Waals surface area contributed by atoms with Gasteiger partial charge in [-0.2, -0.15) is 5.26 Å². The molecule has 1 aliphatic carbocycles. The molecule has 1 saturated carbocycles. The number of rotatable bonds is 3. The van der Waals surface area contributed by atoms with E-state index >= 15 is 0 Å². The molecule has 0 aromatic carbocycles. The van der Waals surface area contributed by atoms with E-state index in [2.05, 4.69) is 15.0 Å². The third kappa shape index (κ3) is 2.93. The van der Waals surface area contributed by atoms with E-state index in [1.807, 2.05) is 6.07 Å². The van der Waals surface area contributed by atoms with Crippen LogP contribution in [0, 0.1) is 11.3 Å². The average molecular weight is 306 g/mol. The first-order chi connectivity index (χ1) is 10.0. The summed E-state index contributed by atoms with van der Waals surface area (Å²) in [4.78, 5) is 3.93. The van der Waals surface area contributed by atoms with Gasteiger partial charge in [0.25, 0.3) is 0 Å². The molecule has 21 heavy (non-hydrogen) atoms. The van der Waals surface area contributed by atoms with Crippen LogP contribution in [0.15, 0.2) is 23.2 Å². The monoisotopic (exact) mass is 306 g/mol. The van der Waals surface area contributed by atoms with E-state index in [0.717, 1.165) is 32.2 Å². The first-order valence-electron chi connectivity index (χ1n) is 7.17. The van der Waals surface area contributed by atoms with Crippen molar-refractivity contribution in [1.29, 1.82) is 5.26 Å². The van der Waals surface area contributed by atoms with Crippen molar-refractivity contribution in [2.45, 2.75) is 48.6 Å². The summed E-state index contributed by atoms with van der Waals surface area (Å²) in [5, 5.41) is 12.2. The normalized spacial score (nSPS) is 24.2. The molecule has 2 N–H and O–H groups in total. The quantitative estimate of drug-likeness (QED) is 0.865. The summed E-state index contributed by atoms with van der Waals surface area (Å²) in [5.74, 6) is 0. The van der Waals surface area contributed by atoms with Crippen molar-refractivity contribution in [3.63, 3.8) is 0 Å². The summed E-state index contributed by atoms with van der Waals surface area (Å²) in [7, 11) is -3.57. The molecule has 7 heteroatoms. The van der Waals surface area contributed by atoms with Gasteiger partial charge >= 0.3 is 0 Å². The number of hydrogen-bond donors (Lipinski definition) is 2. The third-order valence-electron chi connectivity index (χ3n) is 4.42. The van der Waals surface area contributed by atoms with Crippen molar-refractivity contribution in [2.24, 2.45) is 0 Å². The predicted molar refractivity (Wildman–Crippen MR) is 76.9 cm³/mol. The highest BCUT2D eigenvalue weighted by molar-refractivity contribution is 7.89. The molecule has 1 aromatic heterocycles. The fraction of sp³-hybridized carbons (Fsp3) is 0.571. The van der Waals surface area contributed by atoms with E-state index < -0.39 is 10.0 Å². The Morgan fingerprint density at radius 1 is 1.43 bits per heavy atom. The number of hydrogen-bond acceptors (Lipinski definition) is 5. The van der Waals surface area contributed by atoms with Crippen molar-refractivity contribution < 1.29 is 8.42 Å². The zero-order chi connectivity index (χ0) is 14.9. The molecular weight excluding hydrogens is 288 g/mol. The number of nitrogens with zero attached hydrogens (tertiary/aromatic N) is 2. The molecule has 2 aliphatic rings. The van der Waals surface area contributed by atoms with Gasteiger partial charge in [0.2, 0.25) is 10.0 Å². The number of pyridine rings is 1.